The molecule has 0 saturated carbocycles. The van der Waals surface area contributed by atoms with Gasteiger partial charge in [-0.1, -0.05) is 254 Å². The van der Waals surface area contributed by atoms with Gasteiger partial charge >= 0.3 is 19.8 Å². The van der Waals surface area contributed by atoms with Crippen molar-refractivity contribution in [1.29, 1.82) is 0 Å². The summed E-state index contributed by atoms with van der Waals surface area (Å²) in [5.74, 6) is -0.855. The van der Waals surface area contributed by atoms with Crippen molar-refractivity contribution >= 4 is 19.8 Å². The Balaban J connectivity index is 4.23. The first-order valence-corrected chi connectivity index (χ1v) is 34.0. The van der Waals surface area contributed by atoms with Crippen LogP contribution in [0, 0.1) is 0 Å². The van der Waals surface area contributed by atoms with Crippen LogP contribution in [0.1, 0.15) is 219 Å². The lowest BCUT2D eigenvalue weighted by Gasteiger charge is -2.24. The van der Waals surface area contributed by atoms with Crippen LogP contribution < -0.4 is 0 Å². The van der Waals surface area contributed by atoms with E-state index >= 15 is 0 Å². The summed E-state index contributed by atoms with van der Waals surface area (Å²) < 4.78 is 34.6. The molecule has 0 radical (unpaired) electrons. The normalized spacial score (nSPS) is 14.4. The van der Waals surface area contributed by atoms with E-state index < -0.39 is 32.5 Å². The Morgan fingerprint density at radius 1 is 0.369 bits per heavy atom. The maximum absolute atomic E-state index is 12.9. The number of esters is 2. The largest absolute Gasteiger partial charge is 0.472 e. The molecule has 0 aliphatic carbocycles. The van der Waals surface area contributed by atoms with E-state index in [4.69, 9.17) is 18.5 Å². The molecule has 0 rings (SSSR count). The standard InChI is InChI=1S/C74H118NO8P/c1-6-8-10-12-14-16-18-20-22-24-26-28-30-32-33-34-35-36-37-38-39-40-41-43-45-47-49-51-53-55-57-59-61-63-65-67-74(77)83-72(71-82-84(78,79)81-69-68-75(3,4)5)70-80-73(76)66-64-62-60-58-56-54-52-50-48-46-44-42-31-29-27-25-23-21-19-17-15-13-11-9-7-2/h8-11,14-17,20-23,26-29,32-33,35-36,38-39,41-44,48,50,54,56,72H,6-7,12-13,18-19,24-25,30-31,34,37,40,45-47,49,51-53,55,57-71H2,1-5H3/p+1/b10-8-,11-9-,16-14-,17-15-,22-20-,23-21-,28-26-,29-27-,33-32-,36-35-,39-38-,43-41-,44-42-,50-48-,56-54-. The molecule has 2 atom stereocenters. The van der Waals surface area contributed by atoms with Crippen LogP contribution in [-0.4, -0.2) is 74.9 Å². The molecule has 2 unspecified atom stereocenters. The summed E-state index contributed by atoms with van der Waals surface area (Å²) in [5.41, 5.74) is 0. The maximum Gasteiger partial charge on any atom is 0.472 e. The van der Waals surface area contributed by atoms with Crippen LogP contribution in [0.25, 0.3) is 0 Å². The minimum Gasteiger partial charge on any atom is -0.462 e. The summed E-state index contributed by atoms with van der Waals surface area (Å²) in [4.78, 5) is 35.8. The number of carbonyl (C=O) groups excluding carboxylic acids is 2. The predicted octanol–water partition coefficient (Wildman–Crippen LogP) is 21.1. The number of ether oxygens (including phenoxy) is 2. The van der Waals surface area contributed by atoms with Crippen LogP contribution >= 0.6 is 7.82 Å². The van der Waals surface area contributed by atoms with Gasteiger partial charge in [0.25, 0.3) is 0 Å². The Labute approximate surface area is 514 Å². The van der Waals surface area contributed by atoms with E-state index in [0.29, 0.717) is 23.9 Å². The first-order chi connectivity index (χ1) is 41.0. The lowest BCUT2D eigenvalue weighted by atomic mass is 10.0. The molecule has 0 aliphatic rings. The fourth-order valence-electron chi connectivity index (χ4n) is 8.01. The summed E-state index contributed by atoms with van der Waals surface area (Å²) in [5, 5.41) is 0. The molecular formula is C74H119NO8P+. The zero-order valence-electron chi connectivity index (χ0n) is 53.6. The third-order valence-corrected chi connectivity index (χ3v) is 13.9. The van der Waals surface area contributed by atoms with Gasteiger partial charge in [0.2, 0.25) is 0 Å². The van der Waals surface area contributed by atoms with Crippen molar-refractivity contribution < 1.29 is 42.1 Å². The summed E-state index contributed by atoms with van der Waals surface area (Å²) in [6.07, 6.45) is 96.9. The monoisotopic (exact) mass is 1180 g/mol. The molecule has 0 aromatic rings. The third-order valence-electron chi connectivity index (χ3n) is 12.9. The molecule has 472 valence electrons. The van der Waals surface area contributed by atoms with E-state index in [1.165, 1.54) is 38.5 Å². The summed E-state index contributed by atoms with van der Waals surface area (Å²) in [6, 6.07) is 0. The number of hydrogen-bond donors (Lipinski definition) is 1. The smallest absolute Gasteiger partial charge is 0.462 e. The van der Waals surface area contributed by atoms with Crippen LogP contribution in [0.5, 0.6) is 0 Å². The lowest BCUT2D eigenvalue weighted by molar-refractivity contribution is -0.870. The van der Waals surface area contributed by atoms with Crippen molar-refractivity contribution in [3.63, 3.8) is 0 Å². The van der Waals surface area contributed by atoms with Crippen LogP contribution in [0.15, 0.2) is 182 Å². The molecule has 0 aliphatic heterocycles. The van der Waals surface area contributed by atoms with Crippen molar-refractivity contribution in [2.45, 2.75) is 225 Å². The highest BCUT2D eigenvalue weighted by atomic mass is 31.2. The molecule has 0 heterocycles. The Kier molecular flexibility index (Phi) is 59.0. The number of allylic oxidation sites excluding steroid dienone is 30. The van der Waals surface area contributed by atoms with Gasteiger partial charge in [0.15, 0.2) is 6.10 Å². The third kappa shape index (κ3) is 66.3. The molecule has 0 spiro atoms. The molecule has 0 saturated heterocycles. The molecule has 0 aromatic heterocycles. The maximum atomic E-state index is 12.9. The van der Waals surface area contributed by atoms with Crippen molar-refractivity contribution in [2.75, 3.05) is 47.5 Å². The van der Waals surface area contributed by atoms with E-state index in [2.05, 4.69) is 196 Å². The highest BCUT2D eigenvalue weighted by Gasteiger charge is 2.27. The van der Waals surface area contributed by atoms with Gasteiger partial charge in [-0.25, -0.2) is 4.57 Å². The number of carbonyl (C=O) groups is 2. The number of hydrogen-bond acceptors (Lipinski definition) is 7. The summed E-state index contributed by atoms with van der Waals surface area (Å²) in [7, 11) is 1.43. The average molecular weight is 1180 g/mol. The predicted molar refractivity (Wildman–Crippen MR) is 362 cm³/mol. The van der Waals surface area contributed by atoms with Gasteiger partial charge in [0.1, 0.15) is 19.8 Å². The van der Waals surface area contributed by atoms with Crippen LogP contribution in [-0.2, 0) is 32.7 Å². The second-order valence-electron chi connectivity index (χ2n) is 22.0. The van der Waals surface area contributed by atoms with Gasteiger partial charge in [-0.05, 0) is 135 Å². The van der Waals surface area contributed by atoms with Gasteiger partial charge in [-0.2, -0.15) is 0 Å². The number of phosphoric ester groups is 1. The van der Waals surface area contributed by atoms with E-state index in [-0.39, 0.29) is 26.1 Å². The van der Waals surface area contributed by atoms with Crippen molar-refractivity contribution in [3.05, 3.63) is 182 Å². The molecule has 0 aromatic carbocycles. The van der Waals surface area contributed by atoms with Crippen LogP contribution in [0.2, 0.25) is 0 Å². The van der Waals surface area contributed by atoms with Gasteiger partial charge in [0.05, 0.1) is 27.7 Å². The minimum absolute atomic E-state index is 0.0145. The van der Waals surface area contributed by atoms with E-state index in [0.717, 1.165) is 141 Å². The zero-order valence-corrected chi connectivity index (χ0v) is 54.4. The topological polar surface area (TPSA) is 108 Å². The fourth-order valence-corrected chi connectivity index (χ4v) is 8.75. The Morgan fingerprint density at radius 3 is 0.964 bits per heavy atom. The van der Waals surface area contributed by atoms with E-state index in [1.54, 1.807) is 0 Å². The molecule has 1 N–H and O–H groups in total. The van der Waals surface area contributed by atoms with Crippen molar-refractivity contribution in [2.24, 2.45) is 0 Å². The summed E-state index contributed by atoms with van der Waals surface area (Å²) >= 11 is 0. The Morgan fingerprint density at radius 2 is 0.643 bits per heavy atom. The molecule has 0 fully saturated rings. The zero-order chi connectivity index (χ0) is 61.2. The molecule has 0 amide bonds. The Hall–Kier alpha value is -4.89. The van der Waals surface area contributed by atoms with Gasteiger partial charge < -0.3 is 18.9 Å². The molecular weight excluding hydrogens is 1060 g/mol. The van der Waals surface area contributed by atoms with Crippen LogP contribution in [0.3, 0.4) is 0 Å². The fraction of sp³-hybridized carbons (Fsp3) is 0.568. The number of likely N-dealkylation sites (N-methyl/N-ethyl adjacent to an activating group) is 1. The number of nitrogens with zero attached hydrogens (tertiary/aromatic N) is 1. The highest BCUT2D eigenvalue weighted by Crippen LogP contribution is 2.43. The number of rotatable bonds is 57. The summed E-state index contributed by atoms with van der Waals surface area (Å²) in [6.45, 7) is 4.13. The van der Waals surface area contributed by atoms with Crippen molar-refractivity contribution in [3.8, 4) is 0 Å². The first kappa shape index (κ1) is 79.1. The van der Waals surface area contributed by atoms with Crippen molar-refractivity contribution in [1.82, 2.24) is 0 Å². The Bertz CT molecular complexity index is 2070. The molecule has 0 bridgehead atoms. The molecule has 9 nitrogen and oxygen atoms in total. The first-order valence-electron chi connectivity index (χ1n) is 32.5. The highest BCUT2D eigenvalue weighted by molar-refractivity contribution is 7.47. The number of phosphoric acid groups is 1. The van der Waals surface area contributed by atoms with Gasteiger partial charge in [-0.15, -0.1) is 0 Å². The number of unbranched alkanes of at least 4 members (excludes halogenated alkanes) is 13. The minimum atomic E-state index is -4.41. The number of quaternary nitrogens is 1. The quantitative estimate of drug-likeness (QED) is 0.0211. The SMILES string of the molecule is CC/C=C\C/C=C\C/C=C\C/C=C\C/C=C\C/C=C\C/C=C\C/C=C\CCCCCCCCCCCCC(=O)OC(COC(=O)CCCCC/C=C\C/C=C\C/C=C\C/C=C\C/C=C\C/C=C\C/C=C\CC)COP(=O)(O)OCC[N+](C)(C)C. The molecule has 84 heavy (non-hydrogen) atoms. The lowest BCUT2D eigenvalue weighted by Crippen LogP contribution is -2.37. The van der Waals surface area contributed by atoms with E-state index in [9.17, 15) is 19.0 Å². The van der Waals surface area contributed by atoms with Gasteiger partial charge in [0, 0.05) is 12.8 Å². The second kappa shape index (κ2) is 62.6. The van der Waals surface area contributed by atoms with E-state index in [1.807, 2.05) is 21.1 Å². The second-order valence-corrected chi connectivity index (χ2v) is 23.5. The average Bonchev–Trinajstić information content (AvgIpc) is 3.61. The molecule has 10 heteroatoms. The van der Waals surface area contributed by atoms with Crippen LogP contribution in [0.4, 0.5) is 0 Å². The van der Waals surface area contributed by atoms with Gasteiger partial charge in [-0.3, -0.25) is 18.6 Å².